The third-order valence-electron chi connectivity index (χ3n) is 3.13. The highest BCUT2D eigenvalue weighted by Gasteiger charge is 2.25. The first-order chi connectivity index (χ1) is 8.25. The molecule has 0 saturated heterocycles. The highest BCUT2D eigenvalue weighted by molar-refractivity contribution is 5.41. The molecule has 2 aromatic carbocycles. The van der Waals surface area contributed by atoms with Crippen molar-refractivity contribution < 1.29 is 8.78 Å². The zero-order valence-electron chi connectivity index (χ0n) is 9.08. The summed E-state index contributed by atoms with van der Waals surface area (Å²) in [5.74, 6) is -0.784. The van der Waals surface area contributed by atoms with Gasteiger partial charge in [0.05, 0.1) is 6.04 Å². The zero-order chi connectivity index (χ0) is 11.8. The number of benzene rings is 2. The number of fused-ring (bicyclic) bond motifs is 1. The number of hydrogen-bond donors (Lipinski definition) is 1. The Bertz CT molecular complexity index is 566. The molecule has 1 N–H and O–H groups in total. The summed E-state index contributed by atoms with van der Waals surface area (Å²) in [4.78, 5) is 0. The molecule has 0 spiro atoms. The van der Waals surface area contributed by atoms with E-state index in [1.165, 1.54) is 12.1 Å². The molecule has 0 radical (unpaired) electrons. The van der Waals surface area contributed by atoms with Crippen LogP contribution in [0, 0.1) is 11.6 Å². The van der Waals surface area contributed by atoms with Gasteiger partial charge in [-0.15, -0.1) is 0 Å². The molecule has 0 amide bonds. The maximum atomic E-state index is 13.7. The van der Waals surface area contributed by atoms with Crippen molar-refractivity contribution in [3.05, 3.63) is 70.8 Å². The molecule has 1 aliphatic heterocycles. The van der Waals surface area contributed by atoms with E-state index in [1.807, 2.05) is 24.3 Å². The van der Waals surface area contributed by atoms with Crippen LogP contribution < -0.4 is 5.32 Å². The summed E-state index contributed by atoms with van der Waals surface area (Å²) in [6.07, 6.45) is 0. The SMILES string of the molecule is Fc1ccc(F)c(C2NCc3ccccc32)c1. The van der Waals surface area contributed by atoms with Crippen LogP contribution in [0.2, 0.25) is 0 Å². The highest BCUT2D eigenvalue weighted by Crippen LogP contribution is 2.32. The minimum atomic E-state index is -0.410. The van der Waals surface area contributed by atoms with Gasteiger partial charge in [-0.25, -0.2) is 8.78 Å². The Morgan fingerprint density at radius 1 is 1.00 bits per heavy atom. The second kappa shape index (κ2) is 3.93. The van der Waals surface area contributed by atoms with Crippen molar-refractivity contribution in [2.75, 3.05) is 0 Å². The predicted molar refractivity (Wildman–Crippen MR) is 61.5 cm³/mol. The van der Waals surface area contributed by atoms with Gasteiger partial charge in [-0.3, -0.25) is 0 Å². The lowest BCUT2D eigenvalue weighted by Crippen LogP contribution is -2.15. The maximum Gasteiger partial charge on any atom is 0.128 e. The molecule has 3 rings (SSSR count). The fourth-order valence-electron chi connectivity index (χ4n) is 2.31. The molecule has 1 unspecified atom stereocenters. The number of nitrogens with one attached hydrogen (secondary N) is 1. The summed E-state index contributed by atoms with van der Waals surface area (Å²) in [6, 6.07) is 11.1. The fraction of sp³-hybridized carbons (Fsp3) is 0.143. The molecule has 1 aliphatic rings. The van der Waals surface area contributed by atoms with Crippen molar-refractivity contribution in [3.8, 4) is 0 Å². The standard InChI is InChI=1S/C14H11F2N/c15-10-5-6-13(16)12(7-10)14-11-4-2-1-3-9(11)8-17-14/h1-7,14,17H,8H2. The third-order valence-corrected chi connectivity index (χ3v) is 3.13. The molecule has 1 atom stereocenters. The minimum absolute atomic E-state index is 0.248. The van der Waals surface area contributed by atoms with Crippen LogP contribution in [0.5, 0.6) is 0 Å². The van der Waals surface area contributed by atoms with Gasteiger partial charge in [-0.1, -0.05) is 24.3 Å². The Labute approximate surface area is 98.1 Å². The van der Waals surface area contributed by atoms with E-state index in [-0.39, 0.29) is 11.9 Å². The molecule has 0 bridgehead atoms. The van der Waals surface area contributed by atoms with Gasteiger partial charge in [0.15, 0.2) is 0 Å². The lowest BCUT2D eigenvalue weighted by molar-refractivity contribution is 0.556. The van der Waals surface area contributed by atoms with Gasteiger partial charge >= 0.3 is 0 Å². The van der Waals surface area contributed by atoms with Crippen LogP contribution in [0.25, 0.3) is 0 Å². The quantitative estimate of drug-likeness (QED) is 0.795. The Kier molecular flexibility index (Phi) is 2.41. The molecule has 17 heavy (non-hydrogen) atoms. The summed E-state index contributed by atoms with van der Waals surface area (Å²) >= 11 is 0. The average molecular weight is 231 g/mol. The van der Waals surface area contributed by atoms with Crippen molar-refractivity contribution in [3.63, 3.8) is 0 Å². The second-order valence-corrected chi connectivity index (χ2v) is 4.18. The molecule has 2 aromatic rings. The van der Waals surface area contributed by atoms with E-state index in [0.29, 0.717) is 12.1 Å². The van der Waals surface area contributed by atoms with Gasteiger partial charge in [-0.2, -0.15) is 0 Å². The topological polar surface area (TPSA) is 12.0 Å². The van der Waals surface area contributed by atoms with E-state index < -0.39 is 5.82 Å². The van der Waals surface area contributed by atoms with Crippen molar-refractivity contribution >= 4 is 0 Å². The molecule has 1 nitrogen and oxygen atoms in total. The van der Waals surface area contributed by atoms with Crippen molar-refractivity contribution in [1.82, 2.24) is 5.32 Å². The van der Waals surface area contributed by atoms with E-state index >= 15 is 0 Å². The monoisotopic (exact) mass is 231 g/mol. The predicted octanol–water partition coefficient (Wildman–Crippen LogP) is 3.16. The van der Waals surface area contributed by atoms with E-state index in [1.54, 1.807) is 0 Å². The van der Waals surface area contributed by atoms with Crippen LogP contribution in [0.4, 0.5) is 8.78 Å². The Hall–Kier alpha value is -1.74. The van der Waals surface area contributed by atoms with E-state index in [9.17, 15) is 8.78 Å². The molecule has 86 valence electrons. The number of hydrogen-bond acceptors (Lipinski definition) is 1. The third kappa shape index (κ3) is 1.72. The molecule has 3 heteroatoms. The zero-order valence-corrected chi connectivity index (χ0v) is 9.08. The van der Waals surface area contributed by atoms with Crippen LogP contribution >= 0.6 is 0 Å². The average Bonchev–Trinajstić information content (AvgIpc) is 2.76. The maximum absolute atomic E-state index is 13.7. The fourth-order valence-corrected chi connectivity index (χ4v) is 2.31. The van der Waals surface area contributed by atoms with Gasteiger partial charge in [0, 0.05) is 12.1 Å². The van der Waals surface area contributed by atoms with Gasteiger partial charge in [-0.05, 0) is 29.3 Å². The molecule has 0 saturated carbocycles. The first kappa shape index (κ1) is 10.4. The summed E-state index contributed by atoms with van der Waals surface area (Å²) in [5.41, 5.74) is 2.54. The van der Waals surface area contributed by atoms with E-state index in [0.717, 1.165) is 17.2 Å². The molecular formula is C14H11F2N. The summed E-state index contributed by atoms with van der Waals surface area (Å²) < 4.78 is 26.9. The van der Waals surface area contributed by atoms with Crippen molar-refractivity contribution in [2.45, 2.75) is 12.6 Å². The first-order valence-corrected chi connectivity index (χ1v) is 5.52. The Morgan fingerprint density at radius 3 is 2.71 bits per heavy atom. The summed E-state index contributed by atoms with van der Waals surface area (Å²) in [7, 11) is 0. The van der Waals surface area contributed by atoms with Crippen LogP contribution in [-0.2, 0) is 6.54 Å². The minimum Gasteiger partial charge on any atom is -0.302 e. The van der Waals surface area contributed by atoms with Crippen LogP contribution in [-0.4, -0.2) is 0 Å². The van der Waals surface area contributed by atoms with Gasteiger partial charge in [0.25, 0.3) is 0 Å². The smallest absolute Gasteiger partial charge is 0.128 e. The van der Waals surface area contributed by atoms with Gasteiger partial charge < -0.3 is 5.32 Å². The summed E-state index contributed by atoms with van der Waals surface area (Å²) in [5, 5.41) is 3.20. The van der Waals surface area contributed by atoms with Gasteiger partial charge in [0.2, 0.25) is 0 Å². The highest BCUT2D eigenvalue weighted by atomic mass is 19.1. The summed E-state index contributed by atoms with van der Waals surface area (Å²) in [6.45, 7) is 0.691. The van der Waals surface area contributed by atoms with Crippen molar-refractivity contribution in [2.24, 2.45) is 0 Å². The first-order valence-electron chi connectivity index (χ1n) is 5.52. The van der Waals surface area contributed by atoms with Crippen LogP contribution in [0.3, 0.4) is 0 Å². The van der Waals surface area contributed by atoms with Crippen LogP contribution in [0.15, 0.2) is 42.5 Å². The number of rotatable bonds is 1. The van der Waals surface area contributed by atoms with Crippen LogP contribution in [0.1, 0.15) is 22.7 Å². The van der Waals surface area contributed by atoms with E-state index in [2.05, 4.69) is 5.32 Å². The largest absolute Gasteiger partial charge is 0.302 e. The van der Waals surface area contributed by atoms with E-state index in [4.69, 9.17) is 0 Å². The molecule has 0 fully saturated rings. The number of halogens is 2. The molecule has 1 heterocycles. The van der Waals surface area contributed by atoms with Gasteiger partial charge in [0.1, 0.15) is 11.6 Å². The lowest BCUT2D eigenvalue weighted by atomic mass is 9.98. The Balaban J connectivity index is 2.10. The molecule has 0 aliphatic carbocycles. The lowest BCUT2D eigenvalue weighted by Gasteiger charge is -2.13. The second-order valence-electron chi connectivity index (χ2n) is 4.18. The molecular weight excluding hydrogens is 220 g/mol. The van der Waals surface area contributed by atoms with Crippen molar-refractivity contribution in [1.29, 1.82) is 0 Å². The normalized spacial score (nSPS) is 18.1. The Morgan fingerprint density at radius 2 is 1.82 bits per heavy atom. The molecule has 0 aromatic heterocycles.